The Hall–Kier alpha value is -6.20. The van der Waals surface area contributed by atoms with Crippen LogP contribution in [0.15, 0.2) is 73.1 Å². The molecule has 2 aromatic carbocycles. The van der Waals surface area contributed by atoms with Crippen LogP contribution in [0.3, 0.4) is 0 Å². The number of aromatic nitrogens is 4. The number of likely N-dealkylation sites (tertiary alicyclic amines) is 2. The van der Waals surface area contributed by atoms with Crippen molar-refractivity contribution in [2.24, 2.45) is 0 Å². The SMILES string of the molecule is Cc1cn(C2CCN(CC3(F)CCN(C(=O)c4ccc([C@H]5CN(c6cc(-c7ccccc7O)nnc6N)C[C@@H](CF)O5)cc4)CC3)CC2)c2ncc(N3CCC(=O)NC3=O)cc12. The fraction of sp³-hybridized carbons (Fsp3) is 0.422. The second-order valence-electron chi connectivity index (χ2n) is 16.9. The molecule has 4 saturated heterocycles. The van der Waals surface area contributed by atoms with Crippen LogP contribution in [0.1, 0.15) is 65.7 Å². The summed E-state index contributed by atoms with van der Waals surface area (Å²) in [5.74, 6) is -0.217. The summed E-state index contributed by atoms with van der Waals surface area (Å²) in [6, 6.07) is 17.4. The minimum Gasteiger partial charge on any atom is -0.507 e. The number of imide groups is 1. The van der Waals surface area contributed by atoms with E-state index in [4.69, 9.17) is 15.5 Å². The molecular formula is C45H50F2N10O5. The van der Waals surface area contributed by atoms with Gasteiger partial charge in [-0.25, -0.2) is 18.6 Å². The molecule has 0 bridgehead atoms. The molecule has 4 fully saturated rings. The number of nitrogens with zero attached hydrogens (tertiary/aromatic N) is 8. The van der Waals surface area contributed by atoms with Crippen molar-refractivity contribution >= 4 is 46.1 Å². The number of anilines is 3. The van der Waals surface area contributed by atoms with E-state index in [0.717, 1.165) is 48.1 Å². The predicted molar refractivity (Wildman–Crippen MR) is 229 cm³/mol. The molecule has 3 aromatic heterocycles. The number of rotatable bonds is 9. The molecule has 4 aliphatic heterocycles. The molecule has 4 amide bonds. The van der Waals surface area contributed by atoms with E-state index in [1.54, 1.807) is 53.6 Å². The molecule has 62 heavy (non-hydrogen) atoms. The van der Waals surface area contributed by atoms with E-state index < -0.39 is 30.6 Å². The highest BCUT2D eigenvalue weighted by atomic mass is 19.1. The number of carbonyl (C=O) groups is 3. The normalized spacial score (nSPS) is 21.4. The first-order valence-corrected chi connectivity index (χ1v) is 21.2. The van der Waals surface area contributed by atoms with Gasteiger partial charge in [-0.2, -0.15) is 0 Å². The number of pyridine rings is 1. The molecule has 0 unspecified atom stereocenters. The molecule has 15 nitrogen and oxygen atoms in total. The molecule has 0 spiro atoms. The van der Waals surface area contributed by atoms with Crippen LogP contribution in [0.2, 0.25) is 0 Å². The van der Waals surface area contributed by atoms with E-state index >= 15 is 4.39 Å². The number of benzene rings is 2. The standard InChI is InChI=1S/C45H50F2N10O5/c1-28-24-57(42-35(28)20-32(23-49-42)56-17-12-40(59)50-44(56)61)31-10-15-53(16-11-31)27-45(47)13-18-54(19-14-45)43(60)30-8-6-29(7-9-30)39-26-55(25-33(22-46)62-39)37-21-36(51-52-41(37)48)34-4-2-3-5-38(34)58/h2-9,20-21,23-24,31,33,39,58H,10-19,22,25-27H2,1H3,(H2,48,52)(H,50,59,61)/t33-,39-/m1/s1. The molecule has 9 rings (SSSR count). The summed E-state index contributed by atoms with van der Waals surface area (Å²) in [6.45, 7) is 4.64. The van der Waals surface area contributed by atoms with Gasteiger partial charge in [-0.15, -0.1) is 10.2 Å². The van der Waals surface area contributed by atoms with Crippen LogP contribution >= 0.6 is 0 Å². The topological polar surface area (TPSA) is 175 Å². The molecule has 4 aliphatic rings. The molecular weight excluding hydrogens is 799 g/mol. The van der Waals surface area contributed by atoms with Crippen molar-refractivity contribution in [2.75, 3.05) is 74.6 Å². The lowest BCUT2D eigenvalue weighted by Crippen LogP contribution is -2.51. The maximum atomic E-state index is 16.4. The molecule has 17 heteroatoms. The summed E-state index contributed by atoms with van der Waals surface area (Å²) in [4.78, 5) is 49.8. The third kappa shape index (κ3) is 8.25. The number of morpholine rings is 1. The number of piperidine rings is 2. The van der Waals surface area contributed by atoms with E-state index in [0.29, 0.717) is 60.9 Å². The minimum atomic E-state index is -1.40. The average molecular weight is 849 g/mol. The van der Waals surface area contributed by atoms with Crippen LogP contribution in [0.5, 0.6) is 5.75 Å². The molecule has 0 aliphatic carbocycles. The van der Waals surface area contributed by atoms with E-state index in [2.05, 4.69) is 31.2 Å². The van der Waals surface area contributed by atoms with Gasteiger partial charge in [0.05, 0.1) is 23.3 Å². The number of aryl methyl sites for hydroxylation is 1. The summed E-state index contributed by atoms with van der Waals surface area (Å²) in [6.07, 6.45) is 4.96. The molecule has 324 valence electrons. The lowest BCUT2D eigenvalue weighted by atomic mass is 9.91. The highest BCUT2D eigenvalue weighted by Gasteiger charge is 2.39. The lowest BCUT2D eigenvalue weighted by molar-refractivity contribution is -0.120. The number of hydrogen-bond donors (Lipinski definition) is 3. The average Bonchev–Trinajstić information content (AvgIpc) is 3.62. The summed E-state index contributed by atoms with van der Waals surface area (Å²) in [5, 5.41) is 22.0. The van der Waals surface area contributed by atoms with Crippen LogP contribution in [0, 0.1) is 6.92 Å². The van der Waals surface area contributed by atoms with Gasteiger partial charge in [0, 0.05) is 100 Å². The largest absolute Gasteiger partial charge is 0.507 e. The molecule has 4 N–H and O–H groups in total. The van der Waals surface area contributed by atoms with Crippen molar-refractivity contribution in [3.05, 3.63) is 89.7 Å². The van der Waals surface area contributed by atoms with Gasteiger partial charge >= 0.3 is 6.03 Å². The van der Waals surface area contributed by atoms with Crippen LogP contribution in [0.25, 0.3) is 22.3 Å². The van der Waals surface area contributed by atoms with Crippen LogP contribution < -0.4 is 20.9 Å². The van der Waals surface area contributed by atoms with E-state index in [9.17, 15) is 23.9 Å². The first-order valence-electron chi connectivity index (χ1n) is 21.2. The van der Waals surface area contributed by atoms with Crippen molar-refractivity contribution in [1.82, 2.24) is 34.9 Å². The number of amides is 4. The Morgan fingerprint density at radius 2 is 1.76 bits per heavy atom. The Balaban J connectivity index is 0.783. The Morgan fingerprint density at radius 1 is 1.00 bits per heavy atom. The van der Waals surface area contributed by atoms with Gasteiger partial charge in [0.15, 0.2) is 5.82 Å². The number of para-hydroxylation sites is 1. The minimum absolute atomic E-state index is 0.0526. The number of nitrogens with two attached hydrogens (primary N) is 1. The maximum Gasteiger partial charge on any atom is 0.328 e. The number of phenols is 1. The van der Waals surface area contributed by atoms with Crippen molar-refractivity contribution in [3.63, 3.8) is 0 Å². The van der Waals surface area contributed by atoms with Crippen molar-refractivity contribution < 1.29 is 33.0 Å². The molecule has 0 radical (unpaired) electrons. The molecule has 7 heterocycles. The second kappa shape index (κ2) is 16.9. The number of nitrogen functional groups attached to an aromatic ring is 1. The van der Waals surface area contributed by atoms with E-state index in [-0.39, 0.29) is 55.2 Å². The van der Waals surface area contributed by atoms with Crippen molar-refractivity contribution in [2.45, 2.75) is 62.9 Å². The molecule has 2 atom stereocenters. The fourth-order valence-corrected chi connectivity index (χ4v) is 9.34. The van der Waals surface area contributed by atoms with Crippen molar-refractivity contribution in [3.8, 4) is 17.0 Å². The highest BCUT2D eigenvalue weighted by molar-refractivity contribution is 6.06. The number of urea groups is 1. The van der Waals surface area contributed by atoms with Gasteiger partial charge in [-0.05, 0) is 67.3 Å². The predicted octanol–water partition coefficient (Wildman–Crippen LogP) is 5.73. The summed E-state index contributed by atoms with van der Waals surface area (Å²) in [5.41, 5.74) is 10.1. The number of carbonyl (C=O) groups excluding carboxylic acids is 3. The highest BCUT2D eigenvalue weighted by Crippen LogP contribution is 2.37. The summed E-state index contributed by atoms with van der Waals surface area (Å²) in [7, 11) is 0. The third-order valence-corrected chi connectivity index (χ3v) is 12.8. The molecule has 0 saturated carbocycles. The number of aromatic hydroxyl groups is 1. The number of halogens is 2. The second-order valence-corrected chi connectivity index (χ2v) is 16.9. The number of ether oxygens (including phenoxy) is 1. The summed E-state index contributed by atoms with van der Waals surface area (Å²) < 4.78 is 38.9. The number of phenolic OH excluding ortho intramolecular Hbond substituents is 1. The Bertz CT molecular complexity index is 2480. The van der Waals surface area contributed by atoms with Gasteiger partial charge in [0.1, 0.15) is 35.9 Å². The zero-order valence-corrected chi connectivity index (χ0v) is 34.6. The third-order valence-electron chi connectivity index (χ3n) is 12.8. The van der Waals surface area contributed by atoms with Gasteiger partial charge < -0.3 is 34.8 Å². The van der Waals surface area contributed by atoms with Crippen molar-refractivity contribution in [1.29, 1.82) is 0 Å². The van der Waals surface area contributed by atoms with Crippen LogP contribution in [-0.2, 0) is 9.53 Å². The monoisotopic (exact) mass is 848 g/mol. The number of hydrogen-bond acceptors (Lipinski definition) is 11. The van der Waals surface area contributed by atoms with Gasteiger partial charge in [0.25, 0.3) is 5.91 Å². The first kappa shape index (κ1) is 41.2. The zero-order chi connectivity index (χ0) is 43.1. The quantitative estimate of drug-likeness (QED) is 0.165. The maximum absolute atomic E-state index is 16.4. The Kier molecular flexibility index (Phi) is 11.2. The van der Waals surface area contributed by atoms with Gasteiger partial charge in [-0.1, -0.05) is 24.3 Å². The van der Waals surface area contributed by atoms with Crippen LogP contribution in [-0.4, -0.2) is 123 Å². The number of fused-ring (bicyclic) bond motifs is 1. The lowest BCUT2D eigenvalue weighted by Gasteiger charge is -2.41. The van der Waals surface area contributed by atoms with E-state index in [1.807, 2.05) is 30.0 Å². The number of alkyl halides is 2. The molecule has 5 aromatic rings. The Labute approximate surface area is 357 Å². The fourth-order valence-electron chi connectivity index (χ4n) is 9.34. The van der Waals surface area contributed by atoms with E-state index in [1.165, 1.54) is 4.90 Å². The smallest absolute Gasteiger partial charge is 0.328 e. The van der Waals surface area contributed by atoms with Gasteiger partial charge in [0.2, 0.25) is 5.91 Å². The summed E-state index contributed by atoms with van der Waals surface area (Å²) >= 11 is 0. The Morgan fingerprint density at radius 3 is 2.48 bits per heavy atom. The number of nitrogens with one attached hydrogen (secondary N) is 1. The van der Waals surface area contributed by atoms with Gasteiger partial charge in [-0.3, -0.25) is 19.8 Å². The first-order chi connectivity index (χ1) is 29.9. The zero-order valence-electron chi connectivity index (χ0n) is 34.6. The van der Waals surface area contributed by atoms with Crippen LogP contribution in [0.4, 0.5) is 30.8 Å².